The molecule has 1 aliphatic carbocycles. The summed E-state index contributed by atoms with van der Waals surface area (Å²) in [5, 5.41) is 26.1. The molecule has 3 aliphatic rings. The van der Waals surface area contributed by atoms with Crippen molar-refractivity contribution < 1.29 is 34.5 Å². The third-order valence-electron chi connectivity index (χ3n) is 6.18. The highest BCUT2D eigenvalue weighted by Gasteiger charge is 2.47. The lowest BCUT2D eigenvalue weighted by molar-refractivity contribution is -0.142. The first-order valence-corrected chi connectivity index (χ1v) is 11.5. The van der Waals surface area contributed by atoms with Crippen molar-refractivity contribution in [1.29, 1.82) is 0 Å². The van der Waals surface area contributed by atoms with Gasteiger partial charge in [0.15, 0.2) is 0 Å². The number of allylic oxidation sites excluding steroid dienone is 2. The van der Waals surface area contributed by atoms with E-state index in [0.717, 1.165) is 32.0 Å². The van der Waals surface area contributed by atoms with Crippen molar-refractivity contribution in [2.75, 3.05) is 44.2 Å². The number of imide groups is 1. The Bertz CT molecular complexity index is 931. The number of carbonyl (C=O) groups is 4. The second-order valence-electron chi connectivity index (χ2n) is 8.58. The van der Waals surface area contributed by atoms with E-state index in [1.807, 2.05) is 30.4 Å². The number of amides is 2. The number of aliphatic hydroxyl groups excluding tert-OH is 1. The maximum absolute atomic E-state index is 12.5. The number of hydrogen-bond acceptors (Lipinski definition) is 8. The first kappa shape index (κ1) is 26.0. The van der Waals surface area contributed by atoms with Crippen LogP contribution in [0.25, 0.3) is 0 Å². The van der Waals surface area contributed by atoms with Gasteiger partial charge in [0.25, 0.3) is 0 Å². The van der Waals surface area contributed by atoms with E-state index in [0.29, 0.717) is 31.5 Å². The van der Waals surface area contributed by atoms with Crippen LogP contribution in [0, 0.1) is 11.8 Å². The van der Waals surface area contributed by atoms with E-state index in [-0.39, 0.29) is 30.2 Å². The Morgan fingerprint density at radius 2 is 1.51 bits per heavy atom. The van der Waals surface area contributed by atoms with Crippen molar-refractivity contribution in [3.63, 3.8) is 0 Å². The van der Waals surface area contributed by atoms with Crippen molar-refractivity contribution in [3.8, 4) is 0 Å². The van der Waals surface area contributed by atoms with Crippen molar-refractivity contribution >= 4 is 29.6 Å². The predicted molar refractivity (Wildman–Crippen MR) is 125 cm³/mol. The van der Waals surface area contributed by atoms with Gasteiger partial charge in [-0.3, -0.25) is 19.4 Å². The summed E-state index contributed by atoms with van der Waals surface area (Å²) in [7, 11) is 0. The van der Waals surface area contributed by atoms with Gasteiger partial charge in [-0.05, 0) is 25.0 Å². The standard InChI is InChI=1S/C20H26N4O3.C4H4O4/c25-15(14-24-19(26)16-5-1-2-6-17(16)20(24)27)13-22-9-11-23(12-10-22)18-7-3-4-8-21-18;5-3(6)1-2-4(7)8/h1-4,7-8,15-17,25H,5-6,9-14H2;1-2H,(H,5,6)(H,7,8)/b;2-1+/t15?,16-,17+;. The summed E-state index contributed by atoms with van der Waals surface area (Å²) in [5.41, 5.74) is 0. The van der Waals surface area contributed by atoms with Gasteiger partial charge in [-0.25, -0.2) is 14.6 Å². The van der Waals surface area contributed by atoms with Gasteiger partial charge in [0.2, 0.25) is 11.8 Å². The Hall–Kier alpha value is -3.57. The normalized spacial score (nSPS) is 23.1. The summed E-state index contributed by atoms with van der Waals surface area (Å²) in [6.45, 7) is 3.92. The fourth-order valence-electron chi connectivity index (χ4n) is 4.46. The largest absolute Gasteiger partial charge is 0.478 e. The fourth-order valence-corrected chi connectivity index (χ4v) is 4.46. The zero-order valence-corrected chi connectivity index (χ0v) is 19.3. The minimum Gasteiger partial charge on any atom is -0.478 e. The lowest BCUT2D eigenvalue weighted by Crippen LogP contribution is -2.50. The Kier molecular flexibility index (Phi) is 9.10. The number of fused-ring (bicyclic) bond motifs is 1. The van der Waals surface area contributed by atoms with Crippen LogP contribution >= 0.6 is 0 Å². The molecule has 2 saturated heterocycles. The summed E-state index contributed by atoms with van der Waals surface area (Å²) >= 11 is 0. The third kappa shape index (κ3) is 7.20. The molecule has 4 rings (SSSR count). The molecule has 0 aromatic carbocycles. The lowest BCUT2D eigenvalue weighted by atomic mass is 9.85. The number of piperazine rings is 1. The average molecular weight is 487 g/mol. The predicted octanol–water partition coefficient (Wildman–Crippen LogP) is 0.228. The molecular weight excluding hydrogens is 456 g/mol. The van der Waals surface area contributed by atoms with Gasteiger partial charge in [0.1, 0.15) is 5.82 Å². The summed E-state index contributed by atoms with van der Waals surface area (Å²) in [4.78, 5) is 54.2. The topological polar surface area (TPSA) is 152 Å². The summed E-state index contributed by atoms with van der Waals surface area (Å²) < 4.78 is 0. The van der Waals surface area contributed by atoms with Gasteiger partial charge in [-0.1, -0.05) is 18.2 Å². The number of nitrogens with zero attached hydrogens (tertiary/aromatic N) is 4. The van der Waals surface area contributed by atoms with Gasteiger partial charge < -0.3 is 20.2 Å². The summed E-state index contributed by atoms with van der Waals surface area (Å²) in [6.07, 6.45) is 7.43. The lowest BCUT2D eigenvalue weighted by Gasteiger charge is -2.36. The molecule has 0 radical (unpaired) electrons. The van der Waals surface area contributed by atoms with E-state index in [4.69, 9.17) is 10.2 Å². The Morgan fingerprint density at radius 1 is 0.943 bits per heavy atom. The van der Waals surface area contributed by atoms with Crippen molar-refractivity contribution in [2.45, 2.75) is 18.9 Å². The molecule has 1 aromatic heterocycles. The second-order valence-corrected chi connectivity index (χ2v) is 8.58. The molecule has 1 aromatic rings. The number of aliphatic carboxylic acids is 2. The first-order chi connectivity index (χ1) is 16.8. The number of carboxylic acids is 2. The number of aliphatic hydroxyl groups is 1. The number of hydrogen-bond donors (Lipinski definition) is 3. The average Bonchev–Trinajstić information content (AvgIpc) is 3.09. The van der Waals surface area contributed by atoms with Gasteiger partial charge in [-0.15, -0.1) is 0 Å². The molecule has 0 saturated carbocycles. The number of β-amino-alcohol motifs (C(OH)–C–C–N with tert-alkyl or cyclic N) is 1. The monoisotopic (exact) mass is 486 g/mol. The minimum atomic E-state index is -1.26. The zero-order chi connectivity index (χ0) is 25.4. The van der Waals surface area contributed by atoms with Crippen LogP contribution in [0.4, 0.5) is 5.82 Å². The molecule has 11 nitrogen and oxygen atoms in total. The molecular formula is C24H30N4O7. The van der Waals surface area contributed by atoms with E-state index >= 15 is 0 Å². The number of anilines is 1. The molecule has 2 amide bonds. The molecule has 2 fully saturated rings. The van der Waals surface area contributed by atoms with Gasteiger partial charge in [0, 0.05) is 51.1 Å². The fraction of sp³-hybridized carbons (Fsp3) is 0.458. The van der Waals surface area contributed by atoms with Crippen molar-refractivity contribution in [2.24, 2.45) is 11.8 Å². The molecule has 3 heterocycles. The van der Waals surface area contributed by atoms with E-state index in [1.54, 1.807) is 6.20 Å². The van der Waals surface area contributed by atoms with Crippen LogP contribution in [0.2, 0.25) is 0 Å². The first-order valence-electron chi connectivity index (χ1n) is 11.5. The van der Waals surface area contributed by atoms with Crippen LogP contribution in [0.1, 0.15) is 12.8 Å². The number of rotatable bonds is 7. The number of carbonyl (C=O) groups excluding carboxylic acids is 2. The number of carboxylic acid groups (broad SMARTS) is 2. The molecule has 11 heteroatoms. The molecule has 35 heavy (non-hydrogen) atoms. The highest BCUT2D eigenvalue weighted by Crippen LogP contribution is 2.35. The molecule has 2 aliphatic heterocycles. The minimum absolute atomic E-state index is 0.102. The second kappa shape index (κ2) is 12.2. The van der Waals surface area contributed by atoms with Crippen molar-refractivity contribution in [3.05, 3.63) is 48.7 Å². The quantitative estimate of drug-likeness (QED) is 0.277. The summed E-state index contributed by atoms with van der Waals surface area (Å²) in [5.74, 6) is -2.23. The number of likely N-dealkylation sites (tertiary alicyclic amines) is 1. The molecule has 188 valence electrons. The van der Waals surface area contributed by atoms with Crippen LogP contribution in [0.3, 0.4) is 0 Å². The van der Waals surface area contributed by atoms with Crippen LogP contribution < -0.4 is 4.90 Å². The highest BCUT2D eigenvalue weighted by atomic mass is 16.4. The van der Waals surface area contributed by atoms with Crippen LogP contribution in [0.5, 0.6) is 0 Å². The van der Waals surface area contributed by atoms with Gasteiger partial charge in [0.05, 0.1) is 24.5 Å². The number of pyridine rings is 1. The third-order valence-corrected chi connectivity index (χ3v) is 6.18. The van der Waals surface area contributed by atoms with Crippen LogP contribution in [-0.4, -0.2) is 99.2 Å². The Balaban J connectivity index is 0.000000371. The van der Waals surface area contributed by atoms with Crippen LogP contribution in [-0.2, 0) is 19.2 Å². The van der Waals surface area contributed by atoms with E-state index < -0.39 is 18.0 Å². The SMILES string of the molecule is O=C(O)/C=C/C(=O)O.O=C1[C@H]2CC=CC[C@H]2C(=O)N1CC(O)CN1CCN(c2ccccn2)CC1. The number of aromatic nitrogens is 1. The Labute approximate surface area is 203 Å². The molecule has 3 N–H and O–H groups in total. The van der Waals surface area contributed by atoms with E-state index in [9.17, 15) is 24.3 Å². The van der Waals surface area contributed by atoms with Crippen LogP contribution in [0.15, 0.2) is 48.7 Å². The van der Waals surface area contributed by atoms with E-state index in [2.05, 4.69) is 14.8 Å². The maximum Gasteiger partial charge on any atom is 0.328 e. The Morgan fingerprint density at radius 3 is 2.00 bits per heavy atom. The van der Waals surface area contributed by atoms with Gasteiger partial charge >= 0.3 is 11.9 Å². The van der Waals surface area contributed by atoms with E-state index in [1.165, 1.54) is 4.90 Å². The zero-order valence-electron chi connectivity index (χ0n) is 19.3. The molecule has 0 bridgehead atoms. The van der Waals surface area contributed by atoms with Crippen molar-refractivity contribution in [1.82, 2.24) is 14.8 Å². The van der Waals surface area contributed by atoms with Gasteiger partial charge in [-0.2, -0.15) is 0 Å². The maximum atomic E-state index is 12.5. The summed E-state index contributed by atoms with van der Waals surface area (Å²) in [6, 6.07) is 5.89. The highest BCUT2D eigenvalue weighted by molar-refractivity contribution is 6.05. The molecule has 0 spiro atoms. The smallest absolute Gasteiger partial charge is 0.328 e. The molecule has 1 unspecified atom stereocenters. The molecule has 3 atom stereocenters.